The van der Waals surface area contributed by atoms with Crippen LogP contribution in [0.2, 0.25) is 0 Å². The molecule has 0 bridgehead atoms. The number of esters is 2. The van der Waals surface area contributed by atoms with E-state index in [1.54, 1.807) is 12.1 Å². The first-order chi connectivity index (χ1) is 9.96. The van der Waals surface area contributed by atoms with E-state index in [0.29, 0.717) is 11.5 Å². The maximum atomic E-state index is 11.2. The van der Waals surface area contributed by atoms with Gasteiger partial charge in [0.1, 0.15) is 6.10 Å². The zero-order valence-corrected chi connectivity index (χ0v) is 12.5. The van der Waals surface area contributed by atoms with Crippen molar-refractivity contribution in [1.29, 1.82) is 0 Å². The maximum Gasteiger partial charge on any atom is 0.308 e. The van der Waals surface area contributed by atoms with Crippen LogP contribution in [0.5, 0.6) is 17.2 Å². The van der Waals surface area contributed by atoms with E-state index in [4.69, 9.17) is 18.9 Å². The van der Waals surface area contributed by atoms with Gasteiger partial charge in [-0.2, -0.15) is 0 Å². The Morgan fingerprint density at radius 2 is 1.62 bits per heavy atom. The highest BCUT2D eigenvalue weighted by Crippen LogP contribution is 2.48. The molecule has 1 aliphatic rings. The van der Waals surface area contributed by atoms with Crippen molar-refractivity contribution in [3.8, 4) is 17.2 Å². The molecule has 0 N–H and O–H groups in total. The highest BCUT2D eigenvalue weighted by atomic mass is 16.6. The Morgan fingerprint density at radius 3 is 2.05 bits per heavy atom. The number of hydrogen-bond donors (Lipinski definition) is 0. The third-order valence-corrected chi connectivity index (χ3v) is 3.21. The number of benzene rings is 1. The highest BCUT2D eigenvalue weighted by molar-refractivity contribution is 5.72. The van der Waals surface area contributed by atoms with E-state index in [2.05, 4.69) is 0 Å². The number of methoxy groups -OCH3 is 2. The molecule has 6 nitrogen and oxygen atoms in total. The van der Waals surface area contributed by atoms with Gasteiger partial charge in [-0.15, -0.1) is 0 Å². The summed E-state index contributed by atoms with van der Waals surface area (Å²) >= 11 is 0. The number of carbonyl (C=O) groups is 2. The summed E-state index contributed by atoms with van der Waals surface area (Å²) in [5, 5.41) is 0. The molecular formula is C15H18O6. The normalized spacial score (nSPS) is 19.6. The van der Waals surface area contributed by atoms with Gasteiger partial charge in [-0.05, 0) is 24.1 Å². The molecule has 0 radical (unpaired) electrons. The van der Waals surface area contributed by atoms with Crippen LogP contribution in [-0.4, -0.2) is 32.3 Å². The molecule has 6 heteroatoms. The summed E-state index contributed by atoms with van der Waals surface area (Å²) in [4.78, 5) is 22.1. The second kappa shape index (κ2) is 6.03. The predicted octanol–water partition coefficient (Wildman–Crippen LogP) is 2.05. The minimum Gasteiger partial charge on any atom is -0.493 e. The number of carbonyl (C=O) groups excluding carboxylic acids is 2. The van der Waals surface area contributed by atoms with Gasteiger partial charge < -0.3 is 18.9 Å². The molecule has 1 saturated carbocycles. The molecule has 2 rings (SSSR count). The summed E-state index contributed by atoms with van der Waals surface area (Å²) in [5.41, 5.74) is 0.922. The summed E-state index contributed by atoms with van der Waals surface area (Å²) in [6, 6.07) is 3.55. The first-order valence-electron chi connectivity index (χ1n) is 6.57. The third kappa shape index (κ3) is 3.45. The molecule has 1 aliphatic carbocycles. The molecule has 0 unspecified atom stereocenters. The van der Waals surface area contributed by atoms with Crippen molar-refractivity contribution in [1.82, 2.24) is 0 Å². The quantitative estimate of drug-likeness (QED) is 0.611. The van der Waals surface area contributed by atoms with Crippen molar-refractivity contribution in [3.63, 3.8) is 0 Å². The minimum atomic E-state index is -0.455. The molecular weight excluding hydrogens is 276 g/mol. The highest BCUT2D eigenvalue weighted by Gasteiger charge is 2.42. The number of hydrogen-bond acceptors (Lipinski definition) is 6. The summed E-state index contributed by atoms with van der Waals surface area (Å²) in [6.07, 6.45) is 0.648. The van der Waals surface area contributed by atoms with Crippen LogP contribution in [0, 0.1) is 0 Å². The van der Waals surface area contributed by atoms with Gasteiger partial charge >= 0.3 is 11.9 Å². The van der Waals surface area contributed by atoms with Crippen molar-refractivity contribution in [2.24, 2.45) is 0 Å². The van der Waals surface area contributed by atoms with Gasteiger partial charge in [0.15, 0.2) is 11.5 Å². The van der Waals surface area contributed by atoms with Gasteiger partial charge in [0, 0.05) is 19.8 Å². The molecule has 2 atom stereocenters. The lowest BCUT2D eigenvalue weighted by Crippen LogP contribution is -2.06. The Labute approximate surface area is 122 Å². The summed E-state index contributed by atoms with van der Waals surface area (Å²) in [7, 11) is 2.98. The largest absolute Gasteiger partial charge is 0.493 e. The molecule has 0 amide bonds. The van der Waals surface area contributed by atoms with Crippen LogP contribution in [0.15, 0.2) is 12.1 Å². The molecule has 0 aromatic heterocycles. The van der Waals surface area contributed by atoms with Crippen LogP contribution < -0.4 is 14.2 Å². The lowest BCUT2D eigenvalue weighted by molar-refractivity contribution is -0.142. The van der Waals surface area contributed by atoms with Crippen LogP contribution in [-0.2, 0) is 14.3 Å². The van der Waals surface area contributed by atoms with Crippen LogP contribution in [0.25, 0.3) is 0 Å². The van der Waals surface area contributed by atoms with Crippen molar-refractivity contribution in [2.45, 2.75) is 32.3 Å². The average molecular weight is 294 g/mol. The van der Waals surface area contributed by atoms with Crippen molar-refractivity contribution in [2.75, 3.05) is 14.2 Å². The Hall–Kier alpha value is -2.24. The van der Waals surface area contributed by atoms with Gasteiger partial charge in [-0.3, -0.25) is 9.59 Å². The lowest BCUT2D eigenvalue weighted by atomic mass is 10.1. The van der Waals surface area contributed by atoms with Gasteiger partial charge in [0.2, 0.25) is 5.75 Å². The summed E-state index contributed by atoms with van der Waals surface area (Å²) in [6.45, 7) is 2.70. The van der Waals surface area contributed by atoms with Crippen LogP contribution in [0.3, 0.4) is 0 Å². The number of rotatable bonds is 5. The van der Waals surface area contributed by atoms with E-state index in [1.807, 2.05) is 0 Å². The Morgan fingerprint density at radius 1 is 1.05 bits per heavy atom. The SMILES string of the molecule is COc1cc([C@@H]2C[C@@H]2OC(C)=O)cc(OC)c1OC(C)=O. The third-order valence-electron chi connectivity index (χ3n) is 3.21. The van der Waals surface area contributed by atoms with Gasteiger partial charge in [0.25, 0.3) is 0 Å². The van der Waals surface area contributed by atoms with E-state index < -0.39 is 5.97 Å². The monoisotopic (exact) mass is 294 g/mol. The molecule has 1 fully saturated rings. The van der Waals surface area contributed by atoms with E-state index in [1.165, 1.54) is 28.1 Å². The second-order valence-corrected chi connectivity index (χ2v) is 4.84. The molecule has 0 spiro atoms. The molecule has 114 valence electrons. The van der Waals surface area contributed by atoms with Crippen molar-refractivity contribution in [3.05, 3.63) is 17.7 Å². The fourth-order valence-corrected chi connectivity index (χ4v) is 2.22. The van der Waals surface area contributed by atoms with Gasteiger partial charge in [-0.1, -0.05) is 0 Å². The van der Waals surface area contributed by atoms with E-state index in [0.717, 1.165) is 12.0 Å². The standard InChI is InChI=1S/C15H18O6/c1-8(16)20-12-7-11(12)10-5-13(18-3)15(21-9(2)17)14(6-10)19-4/h5-6,11-12H,7H2,1-4H3/t11-,12-/m0/s1. The summed E-state index contributed by atoms with van der Waals surface area (Å²) < 4.78 is 20.8. The number of ether oxygens (including phenoxy) is 4. The van der Waals surface area contributed by atoms with Crippen LogP contribution in [0.1, 0.15) is 31.7 Å². The molecule has 0 aliphatic heterocycles. The molecule has 1 aromatic carbocycles. The van der Waals surface area contributed by atoms with Crippen molar-refractivity contribution >= 4 is 11.9 Å². The lowest BCUT2D eigenvalue weighted by Gasteiger charge is -2.14. The Bertz CT molecular complexity index is 540. The zero-order chi connectivity index (χ0) is 15.6. The topological polar surface area (TPSA) is 71.1 Å². The van der Waals surface area contributed by atoms with Crippen LogP contribution in [0.4, 0.5) is 0 Å². The van der Waals surface area contributed by atoms with Gasteiger partial charge in [0.05, 0.1) is 14.2 Å². The van der Waals surface area contributed by atoms with E-state index in [-0.39, 0.29) is 23.7 Å². The molecule has 1 aromatic rings. The Kier molecular flexibility index (Phi) is 4.35. The van der Waals surface area contributed by atoms with Crippen molar-refractivity contribution < 1.29 is 28.5 Å². The molecule has 21 heavy (non-hydrogen) atoms. The fourth-order valence-electron chi connectivity index (χ4n) is 2.22. The fraction of sp³-hybridized carbons (Fsp3) is 0.467. The Balaban J connectivity index is 2.29. The molecule has 0 saturated heterocycles. The summed E-state index contributed by atoms with van der Waals surface area (Å²) in [5.74, 6) is 0.437. The first kappa shape index (κ1) is 15.2. The second-order valence-electron chi connectivity index (χ2n) is 4.84. The van der Waals surface area contributed by atoms with Gasteiger partial charge in [-0.25, -0.2) is 0 Å². The maximum absolute atomic E-state index is 11.2. The minimum absolute atomic E-state index is 0.114. The van der Waals surface area contributed by atoms with E-state index in [9.17, 15) is 9.59 Å². The zero-order valence-electron chi connectivity index (χ0n) is 12.5. The predicted molar refractivity (Wildman–Crippen MR) is 73.8 cm³/mol. The van der Waals surface area contributed by atoms with Crippen LogP contribution >= 0.6 is 0 Å². The molecule has 0 heterocycles. The van der Waals surface area contributed by atoms with E-state index >= 15 is 0 Å². The smallest absolute Gasteiger partial charge is 0.308 e. The first-order valence-corrected chi connectivity index (χ1v) is 6.57. The average Bonchev–Trinajstić information content (AvgIpc) is 3.16.